The van der Waals surface area contributed by atoms with Crippen LogP contribution in [0.3, 0.4) is 0 Å². The zero-order valence-corrected chi connectivity index (χ0v) is 13.0. The predicted octanol–water partition coefficient (Wildman–Crippen LogP) is 1.70. The van der Waals surface area contributed by atoms with Crippen molar-refractivity contribution >= 4 is 12.1 Å². The van der Waals surface area contributed by atoms with Crippen LogP contribution in [-0.4, -0.2) is 45.5 Å². The van der Waals surface area contributed by atoms with E-state index in [-0.39, 0.29) is 19.8 Å². The first kappa shape index (κ1) is 22.0. The molecule has 0 fully saturated rings. The molecule has 1 amide bonds. The van der Waals surface area contributed by atoms with Gasteiger partial charge in [-0.25, -0.2) is 9.59 Å². The molecule has 0 bridgehead atoms. The van der Waals surface area contributed by atoms with Crippen LogP contribution in [0.25, 0.3) is 0 Å². The molecule has 8 heteroatoms. The average Bonchev–Trinajstić information content (AvgIpc) is 2.52. The molecule has 0 radical (unpaired) electrons. The molecule has 22 heavy (non-hydrogen) atoms. The quantitative estimate of drug-likeness (QED) is 0.125. The lowest BCUT2D eigenvalue weighted by Crippen LogP contribution is -2.27. The third kappa shape index (κ3) is 15.7. The van der Waals surface area contributed by atoms with Crippen LogP contribution in [0, 0.1) is 0 Å². The van der Waals surface area contributed by atoms with Crippen LogP contribution in [0.4, 0.5) is 4.79 Å². The van der Waals surface area contributed by atoms with E-state index >= 15 is 0 Å². The largest absolute Gasteiger partial charge is 0.460 e. The normalized spacial score (nSPS) is 9.36. The van der Waals surface area contributed by atoms with Gasteiger partial charge in [-0.05, 0) is 6.92 Å². The van der Waals surface area contributed by atoms with E-state index in [0.717, 1.165) is 12.5 Å². The highest BCUT2D eigenvalue weighted by Gasteiger charge is 2.03. The Bertz CT molecular complexity index is 355. The Morgan fingerprint density at radius 3 is 2.41 bits per heavy atom. The summed E-state index contributed by atoms with van der Waals surface area (Å²) >= 11 is 0. The SMILES string of the molecule is C=C.C=C(C)C(=O)OCCNC(=O)O/C=C\OOCCOC. The summed E-state index contributed by atoms with van der Waals surface area (Å²) < 4.78 is 14.0. The summed E-state index contributed by atoms with van der Waals surface area (Å²) in [6.45, 7) is 11.7. The lowest BCUT2D eigenvalue weighted by molar-refractivity contribution is -0.254. The van der Waals surface area contributed by atoms with Crippen molar-refractivity contribution in [2.75, 3.05) is 33.5 Å². The molecule has 126 valence electrons. The summed E-state index contributed by atoms with van der Waals surface area (Å²) in [4.78, 5) is 31.2. The minimum absolute atomic E-state index is 0.0289. The Labute approximate surface area is 130 Å². The third-order valence-electron chi connectivity index (χ3n) is 1.68. The fourth-order valence-corrected chi connectivity index (χ4v) is 0.779. The van der Waals surface area contributed by atoms with Gasteiger partial charge in [-0.2, -0.15) is 4.89 Å². The van der Waals surface area contributed by atoms with Gasteiger partial charge in [0.15, 0.2) is 6.26 Å². The predicted molar refractivity (Wildman–Crippen MR) is 79.6 cm³/mol. The Morgan fingerprint density at radius 2 is 1.82 bits per heavy atom. The Balaban J connectivity index is 0. The molecule has 0 aromatic carbocycles. The maximum Gasteiger partial charge on any atom is 0.412 e. The zero-order valence-electron chi connectivity index (χ0n) is 13.0. The van der Waals surface area contributed by atoms with Gasteiger partial charge >= 0.3 is 12.1 Å². The van der Waals surface area contributed by atoms with E-state index in [4.69, 9.17) is 9.47 Å². The summed E-state index contributed by atoms with van der Waals surface area (Å²) in [5.74, 6) is -0.512. The molecule has 0 spiro atoms. The van der Waals surface area contributed by atoms with E-state index in [1.165, 1.54) is 14.0 Å². The fourth-order valence-electron chi connectivity index (χ4n) is 0.779. The topological polar surface area (TPSA) is 92.3 Å². The van der Waals surface area contributed by atoms with Crippen molar-refractivity contribution in [3.05, 3.63) is 37.8 Å². The molecular weight excluding hydrogens is 294 g/mol. The molecule has 8 nitrogen and oxygen atoms in total. The van der Waals surface area contributed by atoms with Crippen LogP contribution in [-0.2, 0) is 28.8 Å². The minimum Gasteiger partial charge on any atom is -0.460 e. The van der Waals surface area contributed by atoms with E-state index in [1.807, 2.05) is 0 Å². The van der Waals surface area contributed by atoms with Crippen molar-refractivity contribution in [2.45, 2.75) is 6.92 Å². The van der Waals surface area contributed by atoms with E-state index in [9.17, 15) is 9.59 Å². The van der Waals surface area contributed by atoms with Crippen LogP contribution in [0.2, 0.25) is 0 Å². The van der Waals surface area contributed by atoms with Crippen LogP contribution >= 0.6 is 0 Å². The molecule has 0 rings (SSSR count). The molecular formula is C14H23NO7. The highest BCUT2D eigenvalue weighted by atomic mass is 17.2. The van der Waals surface area contributed by atoms with Crippen molar-refractivity contribution in [3.63, 3.8) is 0 Å². The van der Waals surface area contributed by atoms with E-state index in [1.54, 1.807) is 0 Å². The van der Waals surface area contributed by atoms with Gasteiger partial charge in [0.05, 0.1) is 13.2 Å². The van der Waals surface area contributed by atoms with Gasteiger partial charge < -0.3 is 24.4 Å². The second kappa shape index (κ2) is 16.7. The number of hydrogen-bond donors (Lipinski definition) is 1. The number of hydrogen-bond acceptors (Lipinski definition) is 7. The van der Waals surface area contributed by atoms with Crippen molar-refractivity contribution < 1.29 is 33.6 Å². The first-order chi connectivity index (χ1) is 10.6. The average molecular weight is 317 g/mol. The van der Waals surface area contributed by atoms with Crippen LogP contribution < -0.4 is 5.32 Å². The maximum absolute atomic E-state index is 11.1. The standard InChI is InChI=1S/C12H19NO7.C2H4/c1-10(2)11(14)17-5-4-13-12(15)18-7-9-20-19-8-6-16-3;1-2/h7,9H,1,4-6,8H2,2-3H3,(H,13,15);1-2H2/b9-7-;. The van der Waals surface area contributed by atoms with Gasteiger partial charge in [0.2, 0.25) is 0 Å². The van der Waals surface area contributed by atoms with Gasteiger partial charge in [-0.1, -0.05) is 6.58 Å². The number of nitrogens with one attached hydrogen (secondary N) is 1. The summed E-state index contributed by atoms with van der Waals surface area (Å²) in [5, 5.41) is 2.35. The Hall–Kier alpha value is -2.32. The minimum atomic E-state index is -0.715. The van der Waals surface area contributed by atoms with Crippen molar-refractivity contribution in [2.24, 2.45) is 0 Å². The van der Waals surface area contributed by atoms with Crippen molar-refractivity contribution in [3.8, 4) is 0 Å². The molecule has 0 aromatic rings. The molecule has 0 saturated heterocycles. The third-order valence-corrected chi connectivity index (χ3v) is 1.68. The van der Waals surface area contributed by atoms with Gasteiger partial charge in [-0.15, -0.1) is 13.2 Å². The number of ether oxygens (including phenoxy) is 3. The fraction of sp³-hybridized carbons (Fsp3) is 0.429. The molecule has 0 atom stereocenters. The first-order valence-corrected chi connectivity index (χ1v) is 6.27. The summed E-state index contributed by atoms with van der Waals surface area (Å²) in [6, 6.07) is 0. The second-order valence-electron chi connectivity index (χ2n) is 3.43. The van der Waals surface area contributed by atoms with Gasteiger partial charge in [0, 0.05) is 12.7 Å². The van der Waals surface area contributed by atoms with Crippen molar-refractivity contribution in [1.82, 2.24) is 5.32 Å². The van der Waals surface area contributed by atoms with Gasteiger partial charge in [0.25, 0.3) is 0 Å². The highest BCUT2D eigenvalue weighted by molar-refractivity contribution is 5.86. The van der Waals surface area contributed by atoms with E-state index < -0.39 is 12.1 Å². The molecule has 0 aromatic heterocycles. The second-order valence-corrected chi connectivity index (χ2v) is 3.43. The van der Waals surface area contributed by atoms with Gasteiger partial charge in [-0.3, -0.25) is 0 Å². The molecule has 0 aliphatic carbocycles. The summed E-state index contributed by atoms with van der Waals surface area (Å²) in [7, 11) is 1.53. The molecule has 0 aliphatic heterocycles. The number of rotatable bonds is 10. The lowest BCUT2D eigenvalue weighted by atomic mass is 10.4. The lowest BCUT2D eigenvalue weighted by Gasteiger charge is -2.05. The smallest absolute Gasteiger partial charge is 0.412 e. The molecule has 0 heterocycles. The Kier molecular flexibility index (Phi) is 16.7. The monoisotopic (exact) mass is 317 g/mol. The maximum atomic E-state index is 11.1. The number of esters is 1. The first-order valence-electron chi connectivity index (χ1n) is 6.27. The molecule has 0 saturated carbocycles. The van der Waals surface area contributed by atoms with E-state index in [2.05, 4.69) is 39.6 Å². The molecule has 0 aliphatic rings. The number of methoxy groups -OCH3 is 1. The van der Waals surface area contributed by atoms with Crippen molar-refractivity contribution in [1.29, 1.82) is 0 Å². The van der Waals surface area contributed by atoms with Crippen LogP contribution in [0.1, 0.15) is 6.92 Å². The summed E-state index contributed by atoms with van der Waals surface area (Å²) in [6.07, 6.45) is 1.34. The molecule has 0 unspecified atom stereocenters. The van der Waals surface area contributed by atoms with Gasteiger partial charge in [0.1, 0.15) is 19.5 Å². The number of alkyl carbamates (subject to hydrolysis) is 1. The number of amides is 1. The van der Waals surface area contributed by atoms with E-state index in [0.29, 0.717) is 12.2 Å². The highest BCUT2D eigenvalue weighted by Crippen LogP contribution is 1.91. The number of carbonyl (C=O) groups is 2. The molecule has 1 N–H and O–H groups in total. The zero-order chi connectivity index (χ0) is 17.2. The number of carbonyl (C=O) groups excluding carboxylic acids is 2. The Morgan fingerprint density at radius 1 is 1.14 bits per heavy atom. The van der Waals surface area contributed by atoms with Crippen LogP contribution in [0.15, 0.2) is 37.8 Å². The summed E-state index contributed by atoms with van der Waals surface area (Å²) in [5.41, 5.74) is 0.293. The van der Waals surface area contributed by atoms with Crippen LogP contribution in [0.5, 0.6) is 0 Å².